The molecule has 108 valence electrons. The summed E-state index contributed by atoms with van der Waals surface area (Å²) in [6.45, 7) is 2.50. The summed E-state index contributed by atoms with van der Waals surface area (Å²) in [5.74, 6) is 0.00189. The highest BCUT2D eigenvalue weighted by Gasteiger charge is 2.25. The molecule has 0 saturated carbocycles. The van der Waals surface area contributed by atoms with Crippen LogP contribution in [0.3, 0.4) is 0 Å². The minimum Gasteiger partial charge on any atom is -0.446 e. The van der Waals surface area contributed by atoms with Crippen molar-refractivity contribution < 1.29 is 19.1 Å². The van der Waals surface area contributed by atoms with Crippen LogP contribution in [0.2, 0.25) is 0 Å². The SMILES string of the molecule is Cc1ccc(N(C)C(=O)OCC2OCCCC2=O)cc1. The van der Waals surface area contributed by atoms with Gasteiger partial charge in [0, 0.05) is 25.8 Å². The Kier molecular flexibility index (Phi) is 4.74. The van der Waals surface area contributed by atoms with Gasteiger partial charge in [-0.2, -0.15) is 0 Å². The number of ether oxygens (including phenoxy) is 2. The van der Waals surface area contributed by atoms with E-state index in [1.54, 1.807) is 7.05 Å². The monoisotopic (exact) mass is 277 g/mol. The number of rotatable bonds is 3. The van der Waals surface area contributed by atoms with Crippen molar-refractivity contribution in [2.75, 3.05) is 25.2 Å². The summed E-state index contributed by atoms with van der Waals surface area (Å²) in [4.78, 5) is 24.9. The topological polar surface area (TPSA) is 55.8 Å². The van der Waals surface area contributed by atoms with Crippen molar-refractivity contribution in [3.8, 4) is 0 Å². The summed E-state index contributed by atoms with van der Waals surface area (Å²) in [6, 6.07) is 7.54. The standard InChI is InChI=1S/C15H19NO4/c1-11-5-7-12(8-6-11)16(2)15(18)20-10-14-13(17)4-3-9-19-14/h5-8,14H,3-4,9-10H2,1-2H3. The lowest BCUT2D eigenvalue weighted by atomic mass is 10.1. The van der Waals surface area contributed by atoms with Crippen LogP contribution in [0.15, 0.2) is 24.3 Å². The second kappa shape index (κ2) is 6.52. The molecule has 1 aromatic rings. The predicted octanol–water partition coefficient (Wildman–Crippen LogP) is 2.32. The third kappa shape index (κ3) is 3.57. The molecular weight excluding hydrogens is 258 g/mol. The van der Waals surface area contributed by atoms with E-state index in [2.05, 4.69) is 0 Å². The van der Waals surface area contributed by atoms with Crippen molar-refractivity contribution in [3.63, 3.8) is 0 Å². The lowest BCUT2D eigenvalue weighted by Crippen LogP contribution is -2.37. The van der Waals surface area contributed by atoms with Crippen LogP contribution in [-0.2, 0) is 14.3 Å². The van der Waals surface area contributed by atoms with Gasteiger partial charge in [0.05, 0.1) is 0 Å². The van der Waals surface area contributed by atoms with Crippen LogP contribution in [0.25, 0.3) is 0 Å². The van der Waals surface area contributed by atoms with Crippen molar-refractivity contribution in [2.24, 2.45) is 0 Å². The Labute approximate surface area is 118 Å². The number of carbonyl (C=O) groups excluding carboxylic acids is 2. The molecule has 0 radical (unpaired) electrons. The third-order valence-corrected chi connectivity index (χ3v) is 3.30. The number of nitrogens with zero attached hydrogens (tertiary/aromatic N) is 1. The molecule has 5 nitrogen and oxygen atoms in total. The first-order valence-corrected chi connectivity index (χ1v) is 6.69. The van der Waals surface area contributed by atoms with Crippen LogP contribution in [0.5, 0.6) is 0 Å². The highest BCUT2D eigenvalue weighted by Crippen LogP contribution is 2.15. The van der Waals surface area contributed by atoms with Crippen LogP contribution in [0.1, 0.15) is 18.4 Å². The molecule has 1 fully saturated rings. The van der Waals surface area contributed by atoms with Crippen molar-refractivity contribution in [3.05, 3.63) is 29.8 Å². The van der Waals surface area contributed by atoms with Gasteiger partial charge in [0.25, 0.3) is 0 Å². The Balaban J connectivity index is 1.87. The molecule has 1 heterocycles. The van der Waals surface area contributed by atoms with Crippen LogP contribution in [-0.4, -0.2) is 38.2 Å². The van der Waals surface area contributed by atoms with Crippen LogP contribution >= 0.6 is 0 Å². The Morgan fingerprint density at radius 2 is 2.10 bits per heavy atom. The fourth-order valence-electron chi connectivity index (χ4n) is 1.98. The number of hydrogen-bond acceptors (Lipinski definition) is 4. The summed E-state index contributed by atoms with van der Waals surface area (Å²) in [5.41, 5.74) is 1.87. The lowest BCUT2D eigenvalue weighted by molar-refractivity contribution is -0.138. The summed E-state index contributed by atoms with van der Waals surface area (Å²) < 4.78 is 10.4. The molecule has 1 saturated heterocycles. The van der Waals surface area contributed by atoms with Crippen LogP contribution in [0, 0.1) is 6.92 Å². The Morgan fingerprint density at radius 1 is 1.40 bits per heavy atom. The number of benzene rings is 1. The molecule has 0 bridgehead atoms. The first-order chi connectivity index (χ1) is 9.58. The molecule has 0 aliphatic carbocycles. The van der Waals surface area contributed by atoms with Gasteiger partial charge in [0.2, 0.25) is 0 Å². The highest BCUT2D eigenvalue weighted by atomic mass is 16.6. The number of carbonyl (C=O) groups is 2. The van der Waals surface area contributed by atoms with Crippen molar-refractivity contribution in [1.82, 2.24) is 0 Å². The summed E-state index contributed by atoms with van der Waals surface area (Å²) in [5, 5.41) is 0. The van der Waals surface area contributed by atoms with Crippen LogP contribution < -0.4 is 4.90 Å². The van der Waals surface area contributed by atoms with Gasteiger partial charge in [-0.15, -0.1) is 0 Å². The number of hydrogen-bond donors (Lipinski definition) is 0. The zero-order valence-electron chi connectivity index (χ0n) is 11.8. The van der Waals surface area contributed by atoms with E-state index in [4.69, 9.17) is 9.47 Å². The maximum atomic E-state index is 11.9. The smallest absolute Gasteiger partial charge is 0.414 e. The highest BCUT2D eigenvalue weighted by molar-refractivity contribution is 5.88. The minimum absolute atomic E-state index is 0.00189. The van der Waals surface area contributed by atoms with Crippen molar-refractivity contribution in [1.29, 1.82) is 0 Å². The Bertz CT molecular complexity index is 483. The maximum Gasteiger partial charge on any atom is 0.414 e. The van der Waals surface area contributed by atoms with Gasteiger partial charge in [-0.25, -0.2) is 4.79 Å². The fourth-order valence-corrected chi connectivity index (χ4v) is 1.98. The van der Waals surface area contributed by atoms with Gasteiger partial charge in [-0.05, 0) is 25.5 Å². The summed E-state index contributed by atoms with van der Waals surface area (Å²) in [7, 11) is 1.64. The van der Waals surface area contributed by atoms with E-state index in [-0.39, 0.29) is 12.4 Å². The maximum absolute atomic E-state index is 11.9. The quantitative estimate of drug-likeness (QED) is 0.850. The molecule has 1 amide bonds. The van der Waals surface area contributed by atoms with Gasteiger partial charge in [0.15, 0.2) is 5.78 Å². The molecule has 20 heavy (non-hydrogen) atoms. The van der Waals surface area contributed by atoms with E-state index in [0.29, 0.717) is 13.0 Å². The average Bonchev–Trinajstić information content (AvgIpc) is 2.46. The van der Waals surface area contributed by atoms with Crippen molar-refractivity contribution >= 4 is 17.6 Å². The van der Waals surface area contributed by atoms with Gasteiger partial charge >= 0.3 is 6.09 Å². The fraction of sp³-hybridized carbons (Fsp3) is 0.467. The number of amides is 1. The molecule has 0 spiro atoms. The largest absolute Gasteiger partial charge is 0.446 e. The normalized spacial score (nSPS) is 18.7. The predicted molar refractivity (Wildman–Crippen MR) is 74.9 cm³/mol. The third-order valence-electron chi connectivity index (χ3n) is 3.30. The number of Topliss-reactive ketones (excluding diaryl/α,β-unsaturated/α-hetero) is 1. The Morgan fingerprint density at radius 3 is 2.75 bits per heavy atom. The Hall–Kier alpha value is -1.88. The lowest BCUT2D eigenvalue weighted by Gasteiger charge is -2.23. The number of anilines is 1. The molecular formula is C15H19NO4. The molecule has 1 aliphatic heterocycles. The van der Waals surface area contributed by atoms with Gasteiger partial charge < -0.3 is 9.47 Å². The molecule has 1 aromatic carbocycles. The van der Waals surface area contributed by atoms with Gasteiger partial charge in [-0.1, -0.05) is 17.7 Å². The molecule has 0 aromatic heterocycles. The summed E-state index contributed by atoms with van der Waals surface area (Å²) in [6.07, 6.45) is 0.137. The van der Waals surface area contributed by atoms with E-state index < -0.39 is 12.2 Å². The van der Waals surface area contributed by atoms with Gasteiger partial charge in [0.1, 0.15) is 12.7 Å². The minimum atomic E-state index is -0.612. The van der Waals surface area contributed by atoms with Gasteiger partial charge in [-0.3, -0.25) is 9.69 Å². The first kappa shape index (κ1) is 14.5. The molecule has 2 rings (SSSR count). The second-order valence-electron chi connectivity index (χ2n) is 4.90. The van der Waals surface area contributed by atoms with Crippen LogP contribution in [0.4, 0.5) is 10.5 Å². The first-order valence-electron chi connectivity index (χ1n) is 6.69. The van der Waals surface area contributed by atoms with E-state index in [1.807, 2.05) is 31.2 Å². The zero-order chi connectivity index (χ0) is 14.5. The average molecular weight is 277 g/mol. The van der Waals surface area contributed by atoms with E-state index in [9.17, 15) is 9.59 Å². The molecule has 1 unspecified atom stereocenters. The molecule has 0 N–H and O–H groups in total. The zero-order valence-corrected chi connectivity index (χ0v) is 11.8. The number of ketones is 1. The van der Waals surface area contributed by atoms with E-state index >= 15 is 0 Å². The molecule has 1 atom stereocenters. The van der Waals surface area contributed by atoms with Crippen molar-refractivity contribution in [2.45, 2.75) is 25.9 Å². The molecule has 5 heteroatoms. The number of aryl methyl sites for hydroxylation is 1. The molecule has 1 aliphatic rings. The second-order valence-corrected chi connectivity index (χ2v) is 4.90. The summed E-state index contributed by atoms with van der Waals surface area (Å²) >= 11 is 0. The van der Waals surface area contributed by atoms with E-state index in [0.717, 1.165) is 17.7 Å². The van der Waals surface area contributed by atoms with E-state index in [1.165, 1.54) is 4.90 Å².